The van der Waals surface area contributed by atoms with Crippen LogP contribution in [0.5, 0.6) is 0 Å². The number of hydrogen-bond donors (Lipinski definition) is 2. The molecule has 0 aromatic carbocycles. The first-order valence-electron chi connectivity index (χ1n) is 6.76. The third-order valence-electron chi connectivity index (χ3n) is 2.56. The van der Waals surface area contributed by atoms with Gasteiger partial charge in [0.1, 0.15) is 12.3 Å². The van der Waals surface area contributed by atoms with Crippen molar-refractivity contribution in [1.29, 1.82) is 0 Å². The molecule has 0 aliphatic heterocycles. The zero-order chi connectivity index (χ0) is 16.6. The first kappa shape index (κ1) is 18.3. The van der Waals surface area contributed by atoms with Crippen molar-refractivity contribution < 1.29 is 14.0 Å². The van der Waals surface area contributed by atoms with Gasteiger partial charge in [-0.2, -0.15) is 11.8 Å². The molecule has 9 heteroatoms. The highest BCUT2D eigenvalue weighted by molar-refractivity contribution is 7.98. The summed E-state index contributed by atoms with van der Waals surface area (Å²) < 4.78 is 5.17. The van der Waals surface area contributed by atoms with Crippen LogP contribution in [-0.4, -0.2) is 43.0 Å². The molecule has 0 bridgehead atoms. The number of nitro groups is 1. The lowest BCUT2D eigenvalue weighted by Crippen LogP contribution is -2.30. The smallest absolute Gasteiger partial charge is 0.274 e. The van der Waals surface area contributed by atoms with Crippen molar-refractivity contribution in [2.45, 2.75) is 12.3 Å². The molecule has 2 N–H and O–H groups in total. The molecule has 0 amide bonds. The summed E-state index contributed by atoms with van der Waals surface area (Å²) in [6.45, 7) is 0.909. The van der Waals surface area contributed by atoms with Crippen LogP contribution in [0.15, 0.2) is 28.6 Å². The molecule has 0 fully saturated rings. The summed E-state index contributed by atoms with van der Waals surface area (Å²) in [5.41, 5.74) is 0. The molecule has 0 aliphatic carbocycles. The highest BCUT2D eigenvalue weighted by Gasteiger charge is 2.09. The normalized spacial score (nSPS) is 12.3. The Morgan fingerprint density at radius 2 is 2.14 bits per heavy atom. The maximum absolute atomic E-state index is 11.6. The average Bonchev–Trinajstić information content (AvgIpc) is 2.81. The minimum atomic E-state index is -0.508. The number of hydroxylamine groups is 3. The topological polar surface area (TPSA) is 103 Å². The van der Waals surface area contributed by atoms with Gasteiger partial charge in [0.05, 0.1) is 24.8 Å². The summed E-state index contributed by atoms with van der Waals surface area (Å²) in [6.07, 6.45) is 0.895. The van der Waals surface area contributed by atoms with Crippen LogP contribution in [0.2, 0.25) is 0 Å². The van der Waals surface area contributed by atoms with Gasteiger partial charge in [-0.15, -0.1) is 0 Å². The lowest BCUT2D eigenvalue weighted by molar-refractivity contribution is -0.854. The first-order chi connectivity index (χ1) is 10.3. The molecule has 1 rings (SSSR count). The standard InChI is InChI=1S/C13H22N4O4S/c1-14-13(8-16(18)19)15-6-7-22-10-12-5-4-11(21-12)9-17(2,3)20/h4-5,8,14-15H,6-7,9-10H2,1-3H3. The molecule has 8 nitrogen and oxygen atoms in total. The summed E-state index contributed by atoms with van der Waals surface area (Å²) >= 11 is 1.64. The molecule has 124 valence electrons. The highest BCUT2D eigenvalue weighted by Crippen LogP contribution is 2.17. The van der Waals surface area contributed by atoms with Crippen LogP contribution in [0.1, 0.15) is 11.5 Å². The molecule has 0 saturated heterocycles. The van der Waals surface area contributed by atoms with Gasteiger partial charge in [-0.3, -0.25) is 10.1 Å². The fourth-order valence-electron chi connectivity index (χ4n) is 1.69. The molecule has 1 aromatic rings. The van der Waals surface area contributed by atoms with Crippen molar-refractivity contribution >= 4 is 11.8 Å². The molecule has 0 atom stereocenters. The second kappa shape index (κ2) is 8.66. The van der Waals surface area contributed by atoms with E-state index in [2.05, 4.69) is 10.6 Å². The van der Waals surface area contributed by atoms with E-state index in [1.54, 1.807) is 32.9 Å². The number of furan rings is 1. The van der Waals surface area contributed by atoms with E-state index in [4.69, 9.17) is 4.42 Å². The van der Waals surface area contributed by atoms with E-state index in [1.165, 1.54) is 0 Å². The van der Waals surface area contributed by atoms with Crippen molar-refractivity contribution in [2.75, 3.05) is 33.4 Å². The number of nitrogens with one attached hydrogen (secondary N) is 2. The number of quaternary nitrogens is 1. The Morgan fingerprint density at radius 3 is 2.73 bits per heavy atom. The van der Waals surface area contributed by atoms with Crippen molar-refractivity contribution in [1.82, 2.24) is 10.6 Å². The number of thioether (sulfide) groups is 1. The van der Waals surface area contributed by atoms with Gasteiger partial charge in [-0.05, 0) is 12.1 Å². The van der Waals surface area contributed by atoms with Crippen LogP contribution < -0.4 is 10.6 Å². The maximum atomic E-state index is 11.6. The Bertz CT molecular complexity index is 510. The minimum Gasteiger partial charge on any atom is -0.633 e. The predicted molar refractivity (Wildman–Crippen MR) is 86.2 cm³/mol. The molecule has 0 aliphatic rings. The van der Waals surface area contributed by atoms with Crippen molar-refractivity contribution in [3.8, 4) is 0 Å². The van der Waals surface area contributed by atoms with Crippen LogP contribution >= 0.6 is 11.8 Å². The van der Waals surface area contributed by atoms with E-state index in [0.29, 0.717) is 30.4 Å². The van der Waals surface area contributed by atoms with Gasteiger partial charge in [0.15, 0.2) is 11.6 Å². The monoisotopic (exact) mass is 330 g/mol. The van der Waals surface area contributed by atoms with Crippen molar-refractivity contribution in [3.63, 3.8) is 0 Å². The quantitative estimate of drug-likeness (QED) is 0.290. The lowest BCUT2D eigenvalue weighted by Gasteiger charge is -2.32. The molecule has 1 heterocycles. The van der Waals surface area contributed by atoms with E-state index in [1.807, 2.05) is 12.1 Å². The summed E-state index contributed by atoms with van der Waals surface area (Å²) in [4.78, 5) is 9.84. The van der Waals surface area contributed by atoms with Crippen LogP contribution in [-0.2, 0) is 12.3 Å². The van der Waals surface area contributed by atoms with Gasteiger partial charge in [0.2, 0.25) is 0 Å². The van der Waals surface area contributed by atoms with Gasteiger partial charge in [0.25, 0.3) is 6.20 Å². The third kappa shape index (κ3) is 7.91. The van der Waals surface area contributed by atoms with Gasteiger partial charge >= 0.3 is 0 Å². The van der Waals surface area contributed by atoms with E-state index >= 15 is 0 Å². The molecule has 0 unspecified atom stereocenters. The van der Waals surface area contributed by atoms with Crippen LogP contribution in [0, 0.1) is 15.3 Å². The predicted octanol–water partition coefficient (Wildman–Crippen LogP) is 1.47. The molecular weight excluding hydrogens is 308 g/mol. The molecule has 0 spiro atoms. The zero-order valence-corrected chi connectivity index (χ0v) is 13.8. The fourth-order valence-corrected chi connectivity index (χ4v) is 2.44. The Labute approximate surface area is 133 Å². The summed E-state index contributed by atoms with van der Waals surface area (Å²) in [5.74, 6) is 3.35. The molecule has 0 saturated carbocycles. The van der Waals surface area contributed by atoms with Gasteiger partial charge in [-0.25, -0.2) is 0 Å². The van der Waals surface area contributed by atoms with Crippen LogP contribution in [0.25, 0.3) is 0 Å². The highest BCUT2D eigenvalue weighted by atomic mass is 32.2. The second-order valence-corrected chi connectivity index (χ2v) is 6.26. The van der Waals surface area contributed by atoms with Crippen molar-refractivity contribution in [2.24, 2.45) is 0 Å². The van der Waals surface area contributed by atoms with Crippen molar-refractivity contribution in [3.05, 3.63) is 51.0 Å². The molecule has 0 radical (unpaired) electrons. The maximum Gasteiger partial charge on any atom is 0.274 e. The number of rotatable bonds is 10. The first-order valence-corrected chi connectivity index (χ1v) is 7.92. The second-order valence-electron chi connectivity index (χ2n) is 5.16. The van der Waals surface area contributed by atoms with E-state index in [9.17, 15) is 15.3 Å². The SMILES string of the molecule is CNC(=C[N+](=O)[O-])NCCSCc1ccc(C[N+](C)(C)[O-])o1. The summed E-state index contributed by atoms with van der Waals surface area (Å²) in [5, 5.41) is 27.6. The Balaban J connectivity index is 2.26. The molecule has 1 aromatic heterocycles. The van der Waals surface area contributed by atoms with Crippen LogP contribution in [0.3, 0.4) is 0 Å². The van der Waals surface area contributed by atoms with Gasteiger partial charge in [0, 0.05) is 19.3 Å². The van der Waals surface area contributed by atoms with Gasteiger partial charge in [-0.1, -0.05) is 0 Å². The Kier molecular flexibility index (Phi) is 7.22. The third-order valence-corrected chi connectivity index (χ3v) is 3.55. The summed E-state index contributed by atoms with van der Waals surface area (Å²) in [6, 6.07) is 3.70. The number of hydrogen-bond acceptors (Lipinski definition) is 7. The lowest BCUT2D eigenvalue weighted by atomic mass is 10.4. The summed E-state index contributed by atoms with van der Waals surface area (Å²) in [7, 11) is 4.76. The van der Waals surface area contributed by atoms with E-state index < -0.39 is 9.57 Å². The van der Waals surface area contributed by atoms with E-state index in [-0.39, 0.29) is 0 Å². The Morgan fingerprint density at radius 1 is 1.45 bits per heavy atom. The van der Waals surface area contributed by atoms with E-state index in [0.717, 1.165) is 17.7 Å². The number of nitrogens with zero attached hydrogens (tertiary/aromatic N) is 2. The van der Waals surface area contributed by atoms with Gasteiger partial charge < -0.3 is 24.9 Å². The Hall–Kier alpha value is -1.71. The molecular formula is C13H22N4O4S. The zero-order valence-electron chi connectivity index (χ0n) is 13.0. The molecule has 22 heavy (non-hydrogen) atoms. The minimum absolute atomic E-state index is 0.309. The fraction of sp³-hybridized carbons (Fsp3) is 0.538. The largest absolute Gasteiger partial charge is 0.633 e. The average molecular weight is 330 g/mol. The van der Waals surface area contributed by atoms with Crippen LogP contribution in [0.4, 0.5) is 0 Å².